The molecule has 20 nitrogen and oxygen atoms in total. The average Bonchev–Trinajstić information content (AvgIpc) is 1.66. The van der Waals surface area contributed by atoms with Crippen molar-refractivity contribution >= 4 is 31.8 Å². The Bertz CT molecular complexity index is 2040. The van der Waals surface area contributed by atoms with Gasteiger partial charge < -0.3 is 0 Å². The van der Waals surface area contributed by atoms with E-state index >= 15 is 0 Å². The van der Waals surface area contributed by atoms with E-state index in [1.165, 1.54) is 0 Å². The molecule has 0 saturated carbocycles. The van der Waals surface area contributed by atoms with Crippen molar-refractivity contribution in [1.82, 2.24) is 0 Å². The van der Waals surface area contributed by atoms with Crippen molar-refractivity contribution < 1.29 is 236 Å². The van der Waals surface area contributed by atoms with Gasteiger partial charge in [0.05, 0.1) is 0 Å². The molecular formula is C33H42F32O20P4. The van der Waals surface area contributed by atoms with Crippen LogP contribution < -0.4 is 0 Å². The molecule has 0 aromatic heterocycles. The Labute approximate surface area is 472 Å². The molecule has 56 heteroatoms. The van der Waals surface area contributed by atoms with E-state index in [1.807, 2.05) is 0 Å². The van der Waals surface area contributed by atoms with Gasteiger partial charge in [-0.15, -0.1) is 0 Å². The Kier molecular flexibility index (Phi) is 24.5. The maximum absolute atomic E-state index is 14.5. The molecule has 3 saturated heterocycles. The van der Waals surface area contributed by atoms with Crippen LogP contribution in [-0.2, 0) is 65.9 Å². The van der Waals surface area contributed by atoms with Gasteiger partial charge in [0.15, 0.2) is 0 Å². The van der Waals surface area contributed by atoms with Crippen molar-refractivity contribution in [1.29, 1.82) is 0 Å². The third-order valence-corrected chi connectivity index (χ3v) is 17.1. The summed E-state index contributed by atoms with van der Waals surface area (Å²) in [6, 6.07) is 0. The van der Waals surface area contributed by atoms with Gasteiger partial charge in [0.1, 0.15) is 0 Å². The number of hydrogen-bond acceptors (Lipinski definition) is 20. The van der Waals surface area contributed by atoms with Crippen molar-refractivity contribution in [2.75, 3.05) is 52.9 Å². The van der Waals surface area contributed by atoms with Crippen LogP contribution in [0, 0.1) is 5.41 Å². The van der Waals surface area contributed by atoms with Gasteiger partial charge in [-0.2, -0.15) is 0 Å². The molecule has 0 amide bonds. The Morgan fingerprint density at radius 1 is 0.281 bits per heavy atom. The molecule has 0 spiro atoms. The molecular weight excluding hydrogens is 1450 g/mol. The monoisotopic (exact) mass is 1490 g/mol. The summed E-state index contributed by atoms with van der Waals surface area (Å²) in [6.45, 7) is -12.9. The molecule has 3 rings (SSSR count). The van der Waals surface area contributed by atoms with E-state index in [-0.39, 0.29) is 0 Å². The predicted octanol–water partition coefficient (Wildman–Crippen LogP) is 11.7. The van der Waals surface area contributed by atoms with Crippen LogP contribution in [-0.4, -0.2) is 177 Å². The molecule has 3 heterocycles. The van der Waals surface area contributed by atoms with Gasteiger partial charge in [-0.3, -0.25) is 0 Å². The minimum absolute atomic E-state index is 1.59. The van der Waals surface area contributed by atoms with Gasteiger partial charge in [0.25, 0.3) is 0 Å². The first-order valence-corrected chi connectivity index (χ1v) is 30.0. The normalized spacial score (nSPS) is 20.9. The number of ether oxygens (including phenoxy) is 8. The van der Waals surface area contributed by atoms with Crippen molar-refractivity contribution in [2.45, 2.75) is 147 Å². The van der Waals surface area contributed by atoms with E-state index < -0.39 is 237 Å². The van der Waals surface area contributed by atoms with E-state index in [4.69, 9.17) is 48.3 Å². The topological polar surface area (TPSA) is 270 Å². The molecule has 6 N–H and O–H groups in total. The van der Waals surface area contributed by atoms with Crippen molar-refractivity contribution in [3.8, 4) is 0 Å². The molecule has 89 heavy (non-hydrogen) atoms. The number of alkyl halides is 32. The second-order valence-corrected chi connectivity index (χ2v) is 26.9. The van der Waals surface area contributed by atoms with Crippen molar-refractivity contribution in [3.63, 3.8) is 0 Å². The van der Waals surface area contributed by atoms with E-state index in [2.05, 4.69) is 47.0 Å². The van der Waals surface area contributed by atoms with Gasteiger partial charge in [-0.1, -0.05) is 0 Å². The average molecular weight is 1490 g/mol. The maximum atomic E-state index is 14.5. The quantitative estimate of drug-likeness (QED) is 0.0109. The molecule has 0 bridgehead atoms. The van der Waals surface area contributed by atoms with Crippen LogP contribution >= 0.6 is 31.8 Å². The van der Waals surface area contributed by atoms with E-state index in [0.29, 0.717) is 0 Å². The summed E-state index contributed by atoms with van der Waals surface area (Å²) in [6.07, 6.45) is -71.3. The van der Waals surface area contributed by atoms with Crippen LogP contribution in [0.2, 0.25) is 0 Å². The zero-order valence-corrected chi connectivity index (χ0v) is 46.3. The van der Waals surface area contributed by atoms with Crippen molar-refractivity contribution in [3.05, 3.63) is 0 Å². The predicted molar refractivity (Wildman–Crippen MR) is 219 cm³/mol. The Morgan fingerprint density at radius 3 is 0.629 bits per heavy atom. The number of hydrogen-bond donors (Lipinski definition) is 6. The molecule has 3 fully saturated rings. The summed E-state index contributed by atoms with van der Waals surface area (Å²) in [5, 5.41) is 0. The van der Waals surface area contributed by atoms with E-state index in [0.717, 1.165) is 0 Å². The summed E-state index contributed by atoms with van der Waals surface area (Å²) in [7, 11) is -26.7. The van der Waals surface area contributed by atoms with Crippen LogP contribution in [0.5, 0.6) is 0 Å². The molecule has 0 aromatic carbocycles. The fourth-order valence-electron chi connectivity index (χ4n) is 5.95. The summed E-state index contributed by atoms with van der Waals surface area (Å²) in [4.78, 5) is 52.8. The summed E-state index contributed by atoms with van der Waals surface area (Å²) < 4.78 is 500. The molecule has 0 atom stereocenters. The van der Waals surface area contributed by atoms with Crippen LogP contribution in [0.15, 0.2) is 0 Å². The first-order valence-electron chi connectivity index (χ1n) is 22.9. The molecule has 0 unspecified atom stereocenters. The standard InChI is InChI=1S/C33H42F32O20P4/c34-18(35,22(42,43)76-26(50,51)30(58,59)86(66,67)68)5-1-9-72-13-17(14-73-10-2-6-19(36,37)23(44,45)77-27(52,53)31(60,61)87(69)80-81-87,15-74-11-3-7-20(38,39)24(46,47)78-28(54,55)32(62,63)88(70)82-83-88)16-75-12-4-8-21(40,41)25(48,49)79-29(56,57)33(64,65)89(71)84-85-89/h66-71,86-89H,1-16H2. The summed E-state index contributed by atoms with van der Waals surface area (Å²) in [5.74, 6) is -24.3. The molecule has 538 valence electrons. The Balaban J connectivity index is 1.92. The van der Waals surface area contributed by atoms with Crippen LogP contribution in [0.25, 0.3) is 0 Å². The van der Waals surface area contributed by atoms with Gasteiger partial charge in [0.2, 0.25) is 0 Å². The molecule has 3 aliphatic heterocycles. The SMILES string of the molecule is O[PH](O)(O)C(F)(F)C(F)(F)OC(F)(F)C(F)(F)CCCOCC(COCCCC(F)(F)C(F)(F)OC(F)(F)C(F)(F)[PH]1(O)OO1)(COCCCC(F)(F)C(F)(F)OC(F)(F)C(F)(F)[PH]1(O)OO1)COCCCC(F)(F)C(F)(F)OC(F)(F)C(F)(F)[PH]1(O)OO1. The van der Waals surface area contributed by atoms with E-state index in [9.17, 15) is 140 Å². The Morgan fingerprint density at radius 2 is 0.461 bits per heavy atom. The van der Waals surface area contributed by atoms with Gasteiger partial charge >= 0.3 is 472 Å². The zero-order valence-electron chi connectivity index (χ0n) is 42.3. The number of halogens is 32. The first kappa shape index (κ1) is 81.9. The minimum atomic E-state index is -7.60. The fraction of sp³-hybridized carbons (Fsp3) is 1.00. The zero-order chi connectivity index (χ0) is 69.7. The third kappa shape index (κ3) is 18.0. The van der Waals surface area contributed by atoms with Crippen LogP contribution in [0.1, 0.15) is 51.4 Å². The third-order valence-electron chi connectivity index (χ3n) is 11.3. The molecule has 0 aromatic rings. The number of rotatable bonds is 44. The van der Waals surface area contributed by atoms with Gasteiger partial charge in [-0.05, 0) is 0 Å². The molecule has 0 aliphatic carbocycles. The second kappa shape index (κ2) is 26.6. The fourth-order valence-corrected chi connectivity index (χ4v) is 9.22. The van der Waals surface area contributed by atoms with Crippen LogP contribution in [0.4, 0.5) is 140 Å². The van der Waals surface area contributed by atoms with E-state index in [1.54, 1.807) is 0 Å². The molecule has 3 aliphatic rings. The van der Waals surface area contributed by atoms with Gasteiger partial charge in [0, 0.05) is 0 Å². The Hall–Kier alpha value is -1.32. The summed E-state index contributed by atoms with van der Waals surface area (Å²) >= 11 is 0. The molecule has 0 radical (unpaired) electrons. The van der Waals surface area contributed by atoms with Crippen molar-refractivity contribution in [2.24, 2.45) is 5.41 Å². The first-order chi connectivity index (χ1) is 39.3. The second-order valence-electron chi connectivity index (χ2n) is 18.7. The van der Waals surface area contributed by atoms with Crippen LogP contribution in [0.3, 0.4) is 0 Å². The summed E-state index contributed by atoms with van der Waals surface area (Å²) in [5.41, 5.74) is -28.4. The van der Waals surface area contributed by atoms with Gasteiger partial charge in [-0.25, -0.2) is 0 Å².